The van der Waals surface area contributed by atoms with Crippen LogP contribution in [0.15, 0.2) is 12.2 Å². The fourth-order valence-electron chi connectivity index (χ4n) is 4.96. The van der Waals surface area contributed by atoms with Crippen LogP contribution in [0.25, 0.3) is 0 Å². The molecule has 2 bridgehead atoms. The maximum atomic E-state index is 13.2. The van der Waals surface area contributed by atoms with Crippen LogP contribution in [0.2, 0.25) is 0 Å². The number of carboxylic acid groups (broad SMARTS) is 1. The third-order valence-corrected chi connectivity index (χ3v) is 7.43. The molecule has 6 nitrogen and oxygen atoms in total. The van der Waals surface area contributed by atoms with Gasteiger partial charge >= 0.3 is 11.9 Å². The zero-order valence-electron chi connectivity index (χ0n) is 15.9. The Labute approximate surface area is 168 Å². The van der Waals surface area contributed by atoms with Gasteiger partial charge in [-0.2, -0.15) is 0 Å². The highest BCUT2D eigenvalue weighted by Crippen LogP contribution is 2.46. The van der Waals surface area contributed by atoms with Gasteiger partial charge in [0.15, 0.2) is 0 Å². The van der Waals surface area contributed by atoms with E-state index in [9.17, 15) is 19.5 Å². The van der Waals surface area contributed by atoms with Crippen molar-refractivity contribution in [1.29, 1.82) is 0 Å². The molecule has 1 fully saturated rings. The van der Waals surface area contributed by atoms with Crippen LogP contribution < -0.4 is 5.32 Å². The summed E-state index contributed by atoms with van der Waals surface area (Å²) in [6.07, 6.45) is 9.37. The molecule has 150 valence electrons. The van der Waals surface area contributed by atoms with Gasteiger partial charge in [-0.1, -0.05) is 12.2 Å². The van der Waals surface area contributed by atoms with Crippen molar-refractivity contribution in [2.75, 3.05) is 11.9 Å². The molecule has 4 atom stereocenters. The number of anilines is 1. The molecule has 4 aliphatic rings. The minimum absolute atomic E-state index is 0.0632. The van der Waals surface area contributed by atoms with Crippen LogP contribution in [-0.4, -0.2) is 29.6 Å². The van der Waals surface area contributed by atoms with Crippen LogP contribution in [0, 0.1) is 23.7 Å². The molecule has 0 unspecified atom stereocenters. The largest absolute Gasteiger partial charge is 0.481 e. The van der Waals surface area contributed by atoms with Gasteiger partial charge in [0.25, 0.3) is 0 Å². The fourth-order valence-corrected chi connectivity index (χ4v) is 6.24. The van der Waals surface area contributed by atoms with E-state index in [2.05, 4.69) is 5.32 Å². The zero-order valence-corrected chi connectivity index (χ0v) is 16.7. The molecule has 0 aliphatic heterocycles. The van der Waals surface area contributed by atoms with E-state index in [0.717, 1.165) is 49.0 Å². The van der Waals surface area contributed by atoms with Gasteiger partial charge in [0.1, 0.15) is 5.00 Å². The van der Waals surface area contributed by atoms with Crippen LogP contribution in [-0.2, 0) is 27.2 Å². The summed E-state index contributed by atoms with van der Waals surface area (Å²) in [4.78, 5) is 38.7. The molecule has 0 spiro atoms. The van der Waals surface area contributed by atoms with E-state index in [1.54, 1.807) is 6.92 Å². The Balaban J connectivity index is 1.64. The maximum absolute atomic E-state index is 13.2. The summed E-state index contributed by atoms with van der Waals surface area (Å²) < 4.78 is 5.24. The molecule has 28 heavy (non-hydrogen) atoms. The van der Waals surface area contributed by atoms with E-state index in [1.807, 2.05) is 12.2 Å². The number of carboxylic acids is 1. The smallest absolute Gasteiger partial charge is 0.341 e. The summed E-state index contributed by atoms with van der Waals surface area (Å²) in [6, 6.07) is 0. The Hall–Kier alpha value is -2.15. The van der Waals surface area contributed by atoms with Gasteiger partial charge in [-0.3, -0.25) is 9.59 Å². The number of allylic oxidation sites excluding steroid dienone is 2. The quantitative estimate of drug-likeness (QED) is 0.578. The summed E-state index contributed by atoms with van der Waals surface area (Å²) in [5.74, 6) is -3.09. The number of nitrogens with one attached hydrogen (secondary N) is 1. The van der Waals surface area contributed by atoms with Crippen molar-refractivity contribution in [3.05, 3.63) is 28.2 Å². The number of aryl methyl sites for hydroxylation is 1. The molecule has 0 saturated heterocycles. The molecule has 0 aromatic carbocycles. The van der Waals surface area contributed by atoms with E-state index >= 15 is 0 Å². The van der Waals surface area contributed by atoms with Gasteiger partial charge in [-0.15, -0.1) is 11.3 Å². The summed E-state index contributed by atoms with van der Waals surface area (Å²) >= 11 is 1.44. The standard InChI is InChI=1S/C21H25NO5S/c1-2-27-21(26)17-13-5-3-4-6-14(13)28-19(17)22-18(23)15-11-7-9-12(10-8-11)16(15)20(24)25/h7,9,11-12,15-16H,2-6,8,10H2,1H3,(H,22,23)(H,24,25)/t11-,12+,15+,16+/m1/s1. The Bertz CT molecular complexity index is 842. The van der Waals surface area contributed by atoms with E-state index in [0.29, 0.717) is 10.6 Å². The Morgan fingerprint density at radius 2 is 1.82 bits per heavy atom. The second kappa shape index (κ2) is 7.70. The number of ether oxygens (including phenoxy) is 1. The Morgan fingerprint density at radius 3 is 2.46 bits per heavy atom. The first-order chi connectivity index (χ1) is 13.5. The Kier molecular flexibility index (Phi) is 5.27. The molecule has 7 heteroatoms. The van der Waals surface area contributed by atoms with Gasteiger partial charge in [0.2, 0.25) is 5.91 Å². The second-order valence-electron chi connectivity index (χ2n) is 7.80. The molecule has 1 heterocycles. The molecule has 1 aromatic heterocycles. The molecular weight excluding hydrogens is 378 g/mol. The molecule has 1 aromatic rings. The Morgan fingerprint density at radius 1 is 1.14 bits per heavy atom. The molecular formula is C21H25NO5S. The molecule has 1 saturated carbocycles. The number of rotatable bonds is 5. The average Bonchev–Trinajstić information content (AvgIpc) is 3.06. The number of hydrogen-bond acceptors (Lipinski definition) is 5. The highest BCUT2D eigenvalue weighted by Gasteiger charge is 2.48. The fraction of sp³-hybridized carbons (Fsp3) is 0.571. The normalized spacial score (nSPS) is 27.9. The maximum Gasteiger partial charge on any atom is 0.341 e. The average molecular weight is 404 g/mol. The number of carbonyl (C=O) groups excluding carboxylic acids is 2. The van der Waals surface area contributed by atoms with Gasteiger partial charge in [-0.05, 0) is 62.8 Å². The lowest BCUT2D eigenvalue weighted by Crippen LogP contribution is -2.47. The third-order valence-electron chi connectivity index (χ3n) is 6.22. The number of fused-ring (bicyclic) bond motifs is 3. The predicted molar refractivity (Wildman–Crippen MR) is 106 cm³/mol. The number of hydrogen-bond donors (Lipinski definition) is 2. The van der Waals surface area contributed by atoms with Crippen LogP contribution in [0.3, 0.4) is 0 Å². The van der Waals surface area contributed by atoms with Gasteiger partial charge in [-0.25, -0.2) is 4.79 Å². The van der Waals surface area contributed by atoms with E-state index in [4.69, 9.17) is 4.74 Å². The number of aliphatic carboxylic acids is 1. The lowest BCUT2D eigenvalue weighted by Gasteiger charge is -2.41. The van der Waals surface area contributed by atoms with Crippen molar-refractivity contribution in [3.63, 3.8) is 0 Å². The van der Waals surface area contributed by atoms with E-state index in [-0.39, 0.29) is 24.3 Å². The number of thiophene rings is 1. The molecule has 2 N–H and O–H groups in total. The van der Waals surface area contributed by atoms with Crippen LogP contribution >= 0.6 is 11.3 Å². The number of esters is 1. The van der Waals surface area contributed by atoms with Crippen LogP contribution in [0.1, 0.15) is 53.4 Å². The topological polar surface area (TPSA) is 92.7 Å². The molecule has 1 amide bonds. The van der Waals surface area contributed by atoms with Gasteiger partial charge in [0.05, 0.1) is 24.0 Å². The predicted octanol–water partition coefficient (Wildman–Crippen LogP) is 3.66. The van der Waals surface area contributed by atoms with Crippen molar-refractivity contribution in [2.45, 2.75) is 45.4 Å². The monoisotopic (exact) mass is 403 g/mol. The SMILES string of the molecule is CCOC(=O)c1c(NC(=O)[C@@H]2[C@@H](C(=O)O)[C@H]3C=C[C@@H]2CC3)sc2c1CCCC2. The summed E-state index contributed by atoms with van der Waals surface area (Å²) in [6.45, 7) is 2.03. The molecule has 5 rings (SSSR count). The number of amides is 1. The lowest BCUT2D eigenvalue weighted by molar-refractivity contribution is -0.151. The second-order valence-corrected chi connectivity index (χ2v) is 8.91. The zero-order chi connectivity index (χ0) is 19.8. The van der Waals surface area contributed by atoms with E-state index < -0.39 is 23.8 Å². The number of carbonyl (C=O) groups is 3. The van der Waals surface area contributed by atoms with Crippen molar-refractivity contribution in [1.82, 2.24) is 0 Å². The first-order valence-corrected chi connectivity index (χ1v) is 10.9. The molecule has 4 aliphatic carbocycles. The summed E-state index contributed by atoms with van der Waals surface area (Å²) in [5.41, 5.74) is 1.46. The van der Waals surface area contributed by atoms with Crippen molar-refractivity contribution < 1.29 is 24.2 Å². The molecule has 0 radical (unpaired) electrons. The van der Waals surface area contributed by atoms with Crippen molar-refractivity contribution in [2.24, 2.45) is 23.7 Å². The summed E-state index contributed by atoms with van der Waals surface area (Å²) in [5, 5.41) is 13.2. The van der Waals surface area contributed by atoms with Crippen molar-refractivity contribution >= 4 is 34.2 Å². The van der Waals surface area contributed by atoms with Crippen molar-refractivity contribution in [3.8, 4) is 0 Å². The lowest BCUT2D eigenvalue weighted by atomic mass is 9.62. The third kappa shape index (κ3) is 3.26. The van der Waals surface area contributed by atoms with Crippen LogP contribution in [0.4, 0.5) is 5.00 Å². The highest BCUT2D eigenvalue weighted by molar-refractivity contribution is 7.17. The first kappa shape index (κ1) is 19.2. The van der Waals surface area contributed by atoms with Crippen LogP contribution in [0.5, 0.6) is 0 Å². The minimum atomic E-state index is -0.921. The summed E-state index contributed by atoms with van der Waals surface area (Å²) in [7, 11) is 0. The minimum Gasteiger partial charge on any atom is -0.481 e. The van der Waals surface area contributed by atoms with E-state index in [1.165, 1.54) is 11.3 Å². The first-order valence-electron chi connectivity index (χ1n) is 10.0. The van der Waals surface area contributed by atoms with Gasteiger partial charge < -0.3 is 15.2 Å². The van der Waals surface area contributed by atoms with Gasteiger partial charge in [0, 0.05) is 4.88 Å². The highest BCUT2D eigenvalue weighted by atomic mass is 32.1.